The Balaban J connectivity index is 1.85. The summed E-state index contributed by atoms with van der Waals surface area (Å²) >= 11 is 7.36. The molecule has 0 aliphatic carbocycles. The fourth-order valence-electron chi connectivity index (χ4n) is 2.13. The molecule has 3 rings (SSSR count). The van der Waals surface area contributed by atoms with Crippen molar-refractivity contribution in [3.8, 4) is 10.7 Å². The normalized spacial score (nSPS) is 11.8. The van der Waals surface area contributed by atoms with Gasteiger partial charge in [-0.25, -0.2) is 13.1 Å². The summed E-state index contributed by atoms with van der Waals surface area (Å²) in [6.07, 6.45) is 0. The number of aromatic nitrogens is 2. The lowest BCUT2D eigenvalue weighted by atomic mass is 10.2. The van der Waals surface area contributed by atoms with Crippen LogP contribution in [0.15, 0.2) is 39.8 Å². The average Bonchev–Trinajstić information content (AvgIpc) is 3.13. The van der Waals surface area contributed by atoms with Gasteiger partial charge in [-0.2, -0.15) is 4.98 Å². The maximum Gasteiger partial charge on any atom is 0.241 e. The number of halogens is 1. The van der Waals surface area contributed by atoms with Crippen molar-refractivity contribution in [2.75, 3.05) is 0 Å². The number of hydrogen-bond donors (Lipinski definition) is 1. The standard InChI is InChI=1S/C15H14ClN3O3S2/c1-9-14(7-13(23-9)15-18-10(2)22-19-15)24(20,21)17-8-11-5-3-4-6-12(11)16/h3-7,17H,8H2,1-2H3. The summed E-state index contributed by atoms with van der Waals surface area (Å²) in [6.45, 7) is 3.54. The first-order chi connectivity index (χ1) is 11.4. The molecule has 0 radical (unpaired) electrons. The van der Waals surface area contributed by atoms with Crippen molar-refractivity contribution in [1.82, 2.24) is 14.9 Å². The van der Waals surface area contributed by atoms with E-state index in [1.807, 2.05) is 6.07 Å². The van der Waals surface area contributed by atoms with Crippen LogP contribution in [-0.4, -0.2) is 18.6 Å². The van der Waals surface area contributed by atoms with Gasteiger partial charge in [0.2, 0.25) is 21.7 Å². The van der Waals surface area contributed by atoms with Gasteiger partial charge in [-0.15, -0.1) is 11.3 Å². The molecule has 1 N–H and O–H groups in total. The fourth-order valence-corrected chi connectivity index (χ4v) is 4.86. The van der Waals surface area contributed by atoms with Crippen LogP contribution in [0.2, 0.25) is 5.02 Å². The molecule has 0 spiro atoms. The van der Waals surface area contributed by atoms with Crippen molar-refractivity contribution in [3.63, 3.8) is 0 Å². The van der Waals surface area contributed by atoms with Crippen LogP contribution in [0.1, 0.15) is 16.3 Å². The van der Waals surface area contributed by atoms with Crippen LogP contribution >= 0.6 is 22.9 Å². The summed E-state index contributed by atoms with van der Waals surface area (Å²) in [5, 5.41) is 4.34. The van der Waals surface area contributed by atoms with Crippen molar-refractivity contribution in [2.45, 2.75) is 25.3 Å². The SMILES string of the molecule is Cc1nc(-c2cc(S(=O)(=O)NCc3ccccc3Cl)c(C)s2)no1. The van der Waals surface area contributed by atoms with Crippen LogP contribution in [0.3, 0.4) is 0 Å². The molecule has 9 heteroatoms. The highest BCUT2D eigenvalue weighted by Crippen LogP contribution is 2.32. The minimum absolute atomic E-state index is 0.119. The molecule has 24 heavy (non-hydrogen) atoms. The Bertz CT molecular complexity index is 980. The first-order valence-electron chi connectivity index (χ1n) is 7.01. The molecular weight excluding hydrogens is 370 g/mol. The quantitative estimate of drug-likeness (QED) is 0.728. The Morgan fingerprint density at radius 1 is 1.29 bits per heavy atom. The molecule has 0 bridgehead atoms. The van der Waals surface area contributed by atoms with E-state index in [4.69, 9.17) is 16.1 Å². The molecule has 0 unspecified atom stereocenters. The molecule has 0 saturated carbocycles. The summed E-state index contributed by atoms with van der Waals surface area (Å²) < 4.78 is 32.7. The predicted molar refractivity (Wildman–Crippen MR) is 92.6 cm³/mol. The van der Waals surface area contributed by atoms with Crippen LogP contribution in [0.5, 0.6) is 0 Å². The number of thiophene rings is 1. The smallest absolute Gasteiger partial charge is 0.241 e. The van der Waals surface area contributed by atoms with Crippen LogP contribution in [-0.2, 0) is 16.6 Å². The average molecular weight is 384 g/mol. The number of nitrogens with zero attached hydrogens (tertiary/aromatic N) is 2. The van der Waals surface area contributed by atoms with Crippen molar-refractivity contribution in [2.24, 2.45) is 0 Å². The first kappa shape index (κ1) is 17.1. The largest absolute Gasteiger partial charge is 0.339 e. The maximum atomic E-state index is 12.6. The minimum atomic E-state index is -3.67. The summed E-state index contributed by atoms with van der Waals surface area (Å²) in [5.41, 5.74) is 0.713. The van der Waals surface area contributed by atoms with E-state index >= 15 is 0 Å². The molecule has 0 aliphatic heterocycles. The van der Waals surface area contributed by atoms with Gasteiger partial charge in [-0.05, 0) is 24.6 Å². The summed E-state index contributed by atoms with van der Waals surface area (Å²) in [7, 11) is -3.67. The van der Waals surface area contributed by atoms with E-state index in [1.54, 1.807) is 38.1 Å². The number of aryl methyl sites for hydroxylation is 2. The highest BCUT2D eigenvalue weighted by molar-refractivity contribution is 7.89. The van der Waals surface area contributed by atoms with Gasteiger partial charge in [0.1, 0.15) is 0 Å². The highest BCUT2D eigenvalue weighted by Gasteiger charge is 2.22. The lowest BCUT2D eigenvalue weighted by Crippen LogP contribution is -2.23. The van der Waals surface area contributed by atoms with E-state index in [0.29, 0.717) is 32.1 Å². The third-order valence-electron chi connectivity index (χ3n) is 3.32. The second-order valence-electron chi connectivity index (χ2n) is 5.08. The van der Waals surface area contributed by atoms with Gasteiger partial charge in [-0.3, -0.25) is 0 Å². The molecule has 2 heterocycles. The zero-order valence-electron chi connectivity index (χ0n) is 12.9. The molecular formula is C15H14ClN3O3S2. The van der Waals surface area contributed by atoms with Gasteiger partial charge in [0.05, 0.1) is 9.77 Å². The summed E-state index contributed by atoms with van der Waals surface area (Å²) in [4.78, 5) is 5.62. The van der Waals surface area contributed by atoms with Gasteiger partial charge in [-0.1, -0.05) is 35.0 Å². The molecule has 2 aromatic heterocycles. The number of nitrogens with one attached hydrogen (secondary N) is 1. The monoisotopic (exact) mass is 383 g/mol. The lowest BCUT2D eigenvalue weighted by Gasteiger charge is -2.07. The van der Waals surface area contributed by atoms with Crippen molar-refractivity contribution >= 4 is 33.0 Å². The van der Waals surface area contributed by atoms with E-state index < -0.39 is 10.0 Å². The first-order valence-corrected chi connectivity index (χ1v) is 9.69. The number of hydrogen-bond acceptors (Lipinski definition) is 6. The molecule has 1 aromatic carbocycles. The number of benzene rings is 1. The van der Waals surface area contributed by atoms with Crippen molar-refractivity contribution in [3.05, 3.63) is 51.7 Å². The Labute approximate surface area is 148 Å². The van der Waals surface area contributed by atoms with Crippen molar-refractivity contribution < 1.29 is 12.9 Å². The van der Waals surface area contributed by atoms with E-state index in [-0.39, 0.29) is 11.4 Å². The van der Waals surface area contributed by atoms with Gasteiger partial charge < -0.3 is 4.52 Å². The second kappa shape index (κ2) is 6.64. The molecule has 0 atom stereocenters. The van der Waals surface area contributed by atoms with Crippen LogP contribution in [0.25, 0.3) is 10.7 Å². The zero-order valence-corrected chi connectivity index (χ0v) is 15.3. The van der Waals surface area contributed by atoms with Crippen LogP contribution in [0, 0.1) is 13.8 Å². The summed E-state index contributed by atoms with van der Waals surface area (Å²) in [6, 6.07) is 8.65. The van der Waals surface area contributed by atoms with E-state index in [2.05, 4.69) is 14.9 Å². The van der Waals surface area contributed by atoms with Gasteiger partial charge in [0, 0.05) is 23.4 Å². The third kappa shape index (κ3) is 3.51. The van der Waals surface area contributed by atoms with Crippen LogP contribution in [0.4, 0.5) is 0 Å². The van der Waals surface area contributed by atoms with Crippen molar-refractivity contribution in [1.29, 1.82) is 0 Å². The Hall–Kier alpha value is -1.74. The molecule has 3 aromatic rings. The van der Waals surface area contributed by atoms with Crippen LogP contribution < -0.4 is 4.72 Å². The zero-order chi connectivity index (χ0) is 17.3. The Kier molecular flexibility index (Phi) is 4.73. The Morgan fingerprint density at radius 3 is 2.71 bits per heavy atom. The summed E-state index contributed by atoms with van der Waals surface area (Å²) in [5.74, 6) is 0.811. The molecule has 0 fully saturated rings. The van der Waals surface area contributed by atoms with Gasteiger partial charge in [0.25, 0.3) is 0 Å². The fraction of sp³-hybridized carbons (Fsp3) is 0.200. The highest BCUT2D eigenvalue weighted by atomic mass is 35.5. The molecule has 0 amide bonds. The van der Waals surface area contributed by atoms with Gasteiger partial charge >= 0.3 is 0 Å². The third-order valence-corrected chi connectivity index (χ3v) is 6.39. The second-order valence-corrected chi connectivity index (χ2v) is 8.48. The van der Waals surface area contributed by atoms with E-state index in [1.165, 1.54) is 11.3 Å². The molecule has 0 saturated heterocycles. The molecule has 126 valence electrons. The van der Waals surface area contributed by atoms with E-state index in [9.17, 15) is 8.42 Å². The predicted octanol–water partition coefficient (Wildman–Crippen LogP) is 3.55. The lowest BCUT2D eigenvalue weighted by molar-refractivity contribution is 0.394. The Morgan fingerprint density at radius 2 is 2.04 bits per heavy atom. The molecule has 6 nitrogen and oxygen atoms in total. The van der Waals surface area contributed by atoms with E-state index in [0.717, 1.165) is 0 Å². The number of sulfonamides is 1. The number of rotatable bonds is 5. The topological polar surface area (TPSA) is 85.1 Å². The molecule has 0 aliphatic rings. The van der Waals surface area contributed by atoms with Gasteiger partial charge in [0.15, 0.2) is 0 Å². The minimum Gasteiger partial charge on any atom is -0.339 e. The maximum absolute atomic E-state index is 12.6.